The van der Waals surface area contributed by atoms with Crippen LogP contribution in [0.5, 0.6) is 5.75 Å². The summed E-state index contributed by atoms with van der Waals surface area (Å²) in [5, 5.41) is 7.70. The number of hydrogen-bond donors (Lipinski definition) is 2. The second kappa shape index (κ2) is 10.4. The van der Waals surface area contributed by atoms with Crippen molar-refractivity contribution in [3.8, 4) is 5.75 Å². The molecule has 3 rings (SSSR count). The number of nitrogens with one attached hydrogen (secondary N) is 1. The van der Waals surface area contributed by atoms with Crippen LogP contribution in [0.1, 0.15) is 23.2 Å². The second-order valence-electron chi connectivity index (χ2n) is 6.82. The highest BCUT2D eigenvalue weighted by Crippen LogP contribution is 2.25. The van der Waals surface area contributed by atoms with Crippen LogP contribution in [0.15, 0.2) is 60.7 Å². The molecule has 0 fully saturated rings. The summed E-state index contributed by atoms with van der Waals surface area (Å²) in [4.78, 5) is 23.3. The number of carbonyl (C=O) groups is 2. The number of anilines is 1. The largest absolute Gasteiger partial charge is 0.491 e. The first-order valence-corrected chi connectivity index (χ1v) is 10.1. The number of nitrogens with two attached hydrogens (primary N) is 1. The zero-order chi connectivity index (χ0) is 22.2. The summed E-state index contributed by atoms with van der Waals surface area (Å²) in [6.45, 7) is 2.51. The molecule has 0 radical (unpaired) electrons. The number of rotatable bonds is 9. The van der Waals surface area contributed by atoms with E-state index in [1.807, 2.05) is 37.3 Å². The quantitative estimate of drug-likeness (QED) is 0.496. The van der Waals surface area contributed by atoms with Crippen molar-refractivity contribution >= 4 is 35.2 Å². The number of ether oxygens (including phenoxy) is 1. The maximum absolute atomic E-state index is 12.4. The molecular weight excluding hydrogens is 416 g/mol. The van der Waals surface area contributed by atoms with Gasteiger partial charge in [-0.2, -0.15) is 5.10 Å². The third-order valence-corrected chi connectivity index (χ3v) is 4.84. The van der Waals surface area contributed by atoms with Crippen LogP contribution >= 0.6 is 11.6 Å². The maximum Gasteiger partial charge on any atom is 0.248 e. The van der Waals surface area contributed by atoms with Gasteiger partial charge in [0.1, 0.15) is 10.9 Å². The summed E-state index contributed by atoms with van der Waals surface area (Å²) < 4.78 is 7.24. The van der Waals surface area contributed by atoms with E-state index in [1.54, 1.807) is 35.0 Å². The summed E-state index contributed by atoms with van der Waals surface area (Å²) in [6, 6.07) is 16.8. The molecule has 0 saturated heterocycles. The number of aryl methyl sites for hydroxylation is 1. The lowest BCUT2D eigenvalue weighted by Crippen LogP contribution is -2.15. The van der Waals surface area contributed by atoms with Crippen molar-refractivity contribution in [3.05, 3.63) is 82.6 Å². The lowest BCUT2D eigenvalue weighted by Gasteiger charge is -2.10. The fourth-order valence-electron chi connectivity index (χ4n) is 2.91. The Balaban J connectivity index is 1.68. The highest BCUT2D eigenvalue weighted by molar-refractivity contribution is 6.31. The average Bonchev–Trinajstić information content (AvgIpc) is 3.01. The molecule has 0 aliphatic carbocycles. The number of aromatic nitrogens is 2. The minimum Gasteiger partial charge on any atom is -0.491 e. The SMILES string of the molecule is Cc1nn(Cc2ccccc2)c(Cl)c1/C=C/C(=O)Nc1ccccc1OCCC(N)=O. The highest BCUT2D eigenvalue weighted by Gasteiger charge is 2.12. The molecule has 160 valence electrons. The summed E-state index contributed by atoms with van der Waals surface area (Å²) in [5.41, 5.74) is 8.09. The third kappa shape index (κ3) is 6.20. The van der Waals surface area contributed by atoms with Crippen LogP contribution in [0, 0.1) is 6.92 Å². The number of nitrogens with zero attached hydrogens (tertiary/aromatic N) is 2. The smallest absolute Gasteiger partial charge is 0.248 e. The number of para-hydroxylation sites is 2. The van der Waals surface area contributed by atoms with Crippen molar-refractivity contribution in [3.63, 3.8) is 0 Å². The summed E-state index contributed by atoms with van der Waals surface area (Å²) >= 11 is 6.49. The molecule has 1 aromatic heterocycles. The molecule has 2 aromatic carbocycles. The fraction of sp³-hybridized carbons (Fsp3) is 0.174. The van der Waals surface area contributed by atoms with Gasteiger partial charge in [-0.25, -0.2) is 4.68 Å². The predicted octanol–water partition coefficient (Wildman–Crippen LogP) is 3.80. The van der Waals surface area contributed by atoms with E-state index in [4.69, 9.17) is 22.1 Å². The number of benzene rings is 2. The van der Waals surface area contributed by atoms with Crippen molar-refractivity contribution < 1.29 is 14.3 Å². The lowest BCUT2D eigenvalue weighted by molar-refractivity contribution is -0.118. The van der Waals surface area contributed by atoms with Gasteiger partial charge in [0.05, 0.1) is 31.0 Å². The van der Waals surface area contributed by atoms with E-state index in [1.165, 1.54) is 6.08 Å². The molecule has 0 unspecified atom stereocenters. The Bertz CT molecular complexity index is 1090. The van der Waals surface area contributed by atoms with Gasteiger partial charge in [0.2, 0.25) is 11.8 Å². The minimum absolute atomic E-state index is 0.0902. The third-order valence-electron chi connectivity index (χ3n) is 4.44. The Labute approximate surface area is 185 Å². The van der Waals surface area contributed by atoms with Crippen LogP contribution in [0.2, 0.25) is 5.15 Å². The number of amides is 2. The predicted molar refractivity (Wildman–Crippen MR) is 121 cm³/mol. The molecule has 0 saturated carbocycles. The van der Waals surface area contributed by atoms with E-state index in [0.717, 1.165) is 11.3 Å². The minimum atomic E-state index is -0.454. The normalized spacial score (nSPS) is 10.9. The summed E-state index contributed by atoms with van der Waals surface area (Å²) in [5.74, 6) is -0.350. The number of hydrogen-bond acceptors (Lipinski definition) is 4. The summed E-state index contributed by atoms with van der Waals surface area (Å²) in [7, 11) is 0. The molecule has 7 nitrogen and oxygen atoms in total. The van der Waals surface area contributed by atoms with Gasteiger partial charge in [0.25, 0.3) is 0 Å². The second-order valence-corrected chi connectivity index (χ2v) is 7.17. The number of primary amides is 1. The molecule has 1 heterocycles. The maximum atomic E-state index is 12.4. The first-order chi connectivity index (χ1) is 14.9. The Hall–Kier alpha value is -3.58. The van der Waals surface area contributed by atoms with E-state index in [0.29, 0.717) is 28.7 Å². The van der Waals surface area contributed by atoms with Crippen molar-refractivity contribution in [2.24, 2.45) is 5.73 Å². The van der Waals surface area contributed by atoms with Gasteiger partial charge < -0.3 is 15.8 Å². The van der Waals surface area contributed by atoms with Crippen LogP contribution < -0.4 is 15.8 Å². The molecule has 2 amide bonds. The molecular formula is C23H23ClN4O3. The Morgan fingerprint density at radius 3 is 2.61 bits per heavy atom. The van der Waals surface area contributed by atoms with E-state index < -0.39 is 5.91 Å². The van der Waals surface area contributed by atoms with Gasteiger partial charge in [-0.15, -0.1) is 0 Å². The van der Waals surface area contributed by atoms with Gasteiger partial charge in [0.15, 0.2) is 0 Å². The molecule has 3 N–H and O–H groups in total. The molecule has 0 bridgehead atoms. The van der Waals surface area contributed by atoms with Gasteiger partial charge in [0, 0.05) is 11.6 Å². The Morgan fingerprint density at radius 1 is 1.16 bits per heavy atom. The molecule has 0 atom stereocenters. The van der Waals surface area contributed by atoms with Crippen LogP contribution in [0.3, 0.4) is 0 Å². The van der Waals surface area contributed by atoms with Gasteiger partial charge in [-0.05, 0) is 30.7 Å². The molecule has 31 heavy (non-hydrogen) atoms. The van der Waals surface area contributed by atoms with Gasteiger partial charge in [-0.3, -0.25) is 9.59 Å². The Kier molecular flexibility index (Phi) is 7.45. The molecule has 0 spiro atoms. The Morgan fingerprint density at radius 2 is 1.87 bits per heavy atom. The van der Waals surface area contributed by atoms with E-state index in [-0.39, 0.29) is 18.9 Å². The van der Waals surface area contributed by atoms with Crippen LogP contribution in [-0.2, 0) is 16.1 Å². The topological polar surface area (TPSA) is 99.2 Å². The van der Waals surface area contributed by atoms with Crippen molar-refractivity contribution in [1.82, 2.24) is 9.78 Å². The summed E-state index contributed by atoms with van der Waals surface area (Å²) in [6.07, 6.45) is 3.12. The van der Waals surface area contributed by atoms with E-state index in [2.05, 4.69) is 10.4 Å². The van der Waals surface area contributed by atoms with Gasteiger partial charge in [-0.1, -0.05) is 54.1 Å². The van der Waals surface area contributed by atoms with E-state index >= 15 is 0 Å². The zero-order valence-corrected chi connectivity index (χ0v) is 17.8. The van der Waals surface area contributed by atoms with E-state index in [9.17, 15) is 9.59 Å². The molecule has 0 aliphatic heterocycles. The number of halogens is 1. The van der Waals surface area contributed by atoms with Crippen molar-refractivity contribution in [2.45, 2.75) is 19.9 Å². The first-order valence-electron chi connectivity index (χ1n) is 9.70. The monoisotopic (exact) mass is 438 g/mol. The first kappa shape index (κ1) is 22.1. The molecule has 3 aromatic rings. The average molecular weight is 439 g/mol. The number of carbonyl (C=O) groups excluding carboxylic acids is 2. The molecule has 8 heteroatoms. The van der Waals surface area contributed by atoms with Crippen molar-refractivity contribution in [1.29, 1.82) is 0 Å². The van der Waals surface area contributed by atoms with Crippen LogP contribution in [-0.4, -0.2) is 28.2 Å². The standard InChI is InChI=1S/C23H23ClN4O3/c1-16-18(23(24)28(27-16)15-17-7-3-2-4-8-17)11-12-22(30)26-19-9-5-6-10-20(19)31-14-13-21(25)29/h2-12H,13-15H2,1H3,(H2,25,29)(H,26,30)/b12-11+. The van der Waals surface area contributed by atoms with Crippen LogP contribution in [0.25, 0.3) is 6.08 Å². The van der Waals surface area contributed by atoms with Gasteiger partial charge >= 0.3 is 0 Å². The van der Waals surface area contributed by atoms with Crippen molar-refractivity contribution in [2.75, 3.05) is 11.9 Å². The van der Waals surface area contributed by atoms with Crippen LogP contribution in [0.4, 0.5) is 5.69 Å². The highest BCUT2D eigenvalue weighted by atomic mass is 35.5. The lowest BCUT2D eigenvalue weighted by atomic mass is 10.2. The zero-order valence-electron chi connectivity index (χ0n) is 17.0. The fourth-order valence-corrected chi connectivity index (χ4v) is 3.21. The molecule has 0 aliphatic rings.